The normalized spacial score (nSPS) is 25.5. The molecule has 2 aromatic heterocycles. The molecule has 0 aliphatic carbocycles. The van der Waals surface area contributed by atoms with Crippen molar-refractivity contribution in [2.24, 2.45) is 0 Å². The van der Waals surface area contributed by atoms with Gasteiger partial charge in [-0.05, 0) is 32.4 Å². The Balaban J connectivity index is 1.75. The van der Waals surface area contributed by atoms with E-state index in [-0.39, 0.29) is 18.1 Å². The number of aromatic amines is 1. The van der Waals surface area contributed by atoms with E-state index in [4.69, 9.17) is 4.42 Å². The number of carbonyl (C=O) groups is 1. The van der Waals surface area contributed by atoms with Gasteiger partial charge in [0, 0.05) is 19.2 Å². The molecule has 3 heterocycles. The van der Waals surface area contributed by atoms with Gasteiger partial charge in [0.1, 0.15) is 11.5 Å². The van der Waals surface area contributed by atoms with Crippen molar-refractivity contribution in [3.63, 3.8) is 0 Å². The number of aliphatic hydroxyl groups excluding tert-OH is 1. The van der Waals surface area contributed by atoms with Gasteiger partial charge in [-0.2, -0.15) is 5.10 Å². The third kappa shape index (κ3) is 2.65. The van der Waals surface area contributed by atoms with Crippen LogP contribution in [0.15, 0.2) is 22.6 Å². The standard InChI is InChI=1S/C15H19N3O4/c1-9-3-4-12(22-9)10-7-11(17-16-10)14(20)18-6-5-15(2,21)13(19)8-18/h3-4,7,13,19,21H,5-6,8H2,1-2H3,(H,16,17)/t13-,15-/m1/s1. The minimum absolute atomic E-state index is 0.0912. The molecule has 118 valence electrons. The average molecular weight is 305 g/mol. The van der Waals surface area contributed by atoms with Gasteiger partial charge >= 0.3 is 0 Å². The second-order valence-electron chi connectivity index (χ2n) is 5.95. The van der Waals surface area contributed by atoms with Crippen LogP contribution in [0.2, 0.25) is 0 Å². The number of β-amino-alcohol motifs (C(OH)–C–C–N with tert-alkyl or cyclic N) is 1. The van der Waals surface area contributed by atoms with Crippen molar-refractivity contribution in [1.82, 2.24) is 15.1 Å². The maximum Gasteiger partial charge on any atom is 0.274 e. The molecule has 1 fully saturated rings. The van der Waals surface area contributed by atoms with Crippen LogP contribution in [0.3, 0.4) is 0 Å². The van der Waals surface area contributed by atoms with Gasteiger partial charge < -0.3 is 19.5 Å². The lowest BCUT2D eigenvalue weighted by atomic mass is 9.90. The van der Waals surface area contributed by atoms with Gasteiger partial charge in [-0.25, -0.2) is 0 Å². The van der Waals surface area contributed by atoms with Crippen LogP contribution in [0.1, 0.15) is 29.6 Å². The number of furan rings is 1. The Labute approximate surface area is 127 Å². The third-order valence-electron chi connectivity index (χ3n) is 4.09. The number of carbonyl (C=O) groups excluding carboxylic acids is 1. The SMILES string of the molecule is Cc1ccc(-c2cc(C(=O)N3CC[C@@](C)(O)[C@H](O)C3)n[nH]2)o1. The highest BCUT2D eigenvalue weighted by Crippen LogP contribution is 2.24. The van der Waals surface area contributed by atoms with Crippen molar-refractivity contribution in [1.29, 1.82) is 0 Å². The summed E-state index contributed by atoms with van der Waals surface area (Å²) in [4.78, 5) is 13.9. The first-order valence-corrected chi connectivity index (χ1v) is 7.19. The molecule has 22 heavy (non-hydrogen) atoms. The smallest absolute Gasteiger partial charge is 0.274 e. The molecule has 0 radical (unpaired) electrons. The molecule has 3 N–H and O–H groups in total. The van der Waals surface area contributed by atoms with Crippen LogP contribution in [0.5, 0.6) is 0 Å². The van der Waals surface area contributed by atoms with Crippen molar-refractivity contribution in [2.75, 3.05) is 13.1 Å². The van der Waals surface area contributed by atoms with Crippen LogP contribution in [-0.2, 0) is 0 Å². The first kappa shape index (κ1) is 14.8. The molecule has 2 atom stereocenters. The largest absolute Gasteiger partial charge is 0.460 e. The summed E-state index contributed by atoms with van der Waals surface area (Å²) in [6.45, 7) is 3.89. The summed E-state index contributed by atoms with van der Waals surface area (Å²) < 4.78 is 5.48. The Bertz CT molecular complexity index is 689. The minimum Gasteiger partial charge on any atom is -0.460 e. The molecular weight excluding hydrogens is 286 g/mol. The molecule has 1 aliphatic heterocycles. The van der Waals surface area contributed by atoms with E-state index < -0.39 is 11.7 Å². The van der Waals surface area contributed by atoms with E-state index in [1.54, 1.807) is 19.1 Å². The van der Waals surface area contributed by atoms with E-state index >= 15 is 0 Å². The molecular formula is C15H19N3O4. The zero-order chi connectivity index (χ0) is 15.9. The van der Waals surface area contributed by atoms with Crippen molar-refractivity contribution in [2.45, 2.75) is 32.0 Å². The summed E-state index contributed by atoms with van der Waals surface area (Å²) in [6.07, 6.45) is -0.634. The summed E-state index contributed by atoms with van der Waals surface area (Å²) in [6, 6.07) is 5.26. The van der Waals surface area contributed by atoms with Gasteiger partial charge in [0.2, 0.25) is 0 Å². The molecule has 7 nitrogen and oxygen atoms in total. The summed E-state index contributed by atoms with van der Waals surface area (Å²) in [5, 5.41) is 26.6. The topological polar surface area (TPSA) is 103 Å². The fourth-order valence-corrected chi connectivity index (χ4v) is 2.51. The zero-order valence-electron chi connectivity index (χ0n) is 12.5. The summed E-state index contributed by atoms with van der Waals surface area (Å²) in [7, 11) is 0. The number of H-pyrrole nitrogens is 1. The van der Waals surface area contributed by atoms with E-state index in [0.29, 0.717) is 24.4 Å². The molecule has 0 saturated carbocycles. The first-order valence-electron chi connectivity index (χ1n) is 7.19. The van der Waals surface area contributed by atoms with Gasteiger partial charge in [0.15, 0.2) is 11.5 Å². The van der Waals surface area contributed by atoms with Crippen LogP contribution >= 0.6 is 0 Å². The van der Waals surface area contributed by atoms with Gasteiger partial charge in [0.25, 0.3) is 5.91 Å². The lowest BCUT2D eigenvalue weighted by molar-refractivity contribution is -0.0999. The first-order chi connectivity index (χ1) is 10.4. The lowest BCUT2D eigenvalue weighted by Crippen LogP contribution is -2.55. The average Bonchev–Trinajstić information content (AvgIpc) is 3.09. The number of aliphatic hydroxyl groups is 2. The number of nitrogens with one attached hydrogen (secondary N) is 1. The van der Waals surface area contributed by atoms with Crippen LogP contribution in [0.4, 0.5) is 0 Å². The number of aryl methyl sites for hydroxylation is 1. The fourth-order valence-electron chi connectivity index (χ4n) is 2.51. The van der Waals surface area contributed by atoms with Gasteiger partial charge in [-0.1, -0.05) is 0 Å². The molecule has 2 aromatic rings. The van der Waals surface area contributed by atoms with Gasteiger partial charge in [0.05, 0.1) is 11.7 Å². The monoisotopic (exact) mass is 305 g/mol. The number of likely N-dealkylation sites (tertiary alicyclic amines) is 1. The van der Waals surface area contributed by atoms with E-state index in [9.17, 15) is 15.0 Å². The molecule has 3 rings (SSSR count). The second-order valence-corrected chi connectivity index (χ2v) is 5.95. The molecule has 0 aromatic carbocycles. The quantitative estimate of drug-likeness (QED) is 0.766. The summed E-state index contributed by atoms with van der Waals surface area (Å²) >= 11 is 0. The maximum absolute atomic E-state index is 12.4. The van der Waals surface area contributed by atoms with Crippen molar-refractivity contribution in [3.05, 3.63) is 29.7 Å². The predicted molar refractivity (Wildman–Crippen MR) is 78.2 cm³/mol. The molecule has 1 amide bonds. The van der Waals surface area contributed by atoms with Crippen LogP contribution < -0.4 is 0 Å². The Morgan fingerprint density at radius 2 is 2.32 bits per heavy atom. The predicted octanol–water partition coefficient (Wildman–Crippen LogP) is 0.936. The summed E-state index contributed by atoms with van der Waals surface area (Å²) in [5.41, 5.74) is -0.266. The number of amides is 1. The van der Waals surface area contributed by atoms with E-state index in [1.165, 1.54) is 4.90 Å². The number of rotatable bonds is 2. The lowest BCUT2D eigenvalue weighted by Gasteiger charge is -2.39. The van der Waals surface area contributed by atoms with Crippen molar-refractivity contribution < 1.29 is 19.4 Å². The molecule has 0 bridgehead atoms. The molecule has 0 spiro atoms. The number of nitrogens with zero attached hydrogens (tertiary/aromatic N) is 2. The number of hydrogen-bond acceptors (Lipinski definition) is 5. The highest BCUT2D eigenvalue weighted by molar-refractivity contribution is 5.93. The molecule has 1 saturated heterocycles. The second kappa shape index (κ2) is 5.26. The Hall–Kier alpha value is -2.12. The minimum atomic E-state index is -1.15. The van der Waals surface area contributed by atoms with Crippen LogP contribution in [-0.4, -0.2) is 56.0 Å². The maximum atomic E-state index is 12.4. The number of piperidine rings is 1. The van der Waals surface area contributed by atoms with E-state index in [2.05, 4.69) is 10.2 Å². The van der Waals surface area contributed by atoms with Gasteiger partial charge in [-0.3, -0.25) is 9.89 Å². The fraction of sp³-hybridized carbons (Fsp3) is 0.467. The van der Waals surface area contributed by atoms with E-state index in [1.807, 2.05) is 13.0 Å². The molecule has 0 unspecified atom stereocenters. The highest BCUT2D eigenvalue weighted by atomic mass is 16.3. The van der Waals surface area contributed by atoms with Crippen molar-refractivity contribution >= 4 is 5.91 Å². The van der Waals surface area contributed by atoms with Gasteiger partial charge in [-0.15, -0.1) is 0 Å². The Morgan fingerprint density at radius 1 is 1.55 bits per heavy atom. The third-order valence-corrected chi connectivity index (χ3v) is 4.09. The van der Waals surface area contributed by atoms with Crippen LogP contribution in [0, 0.1) is 6.92 Å². The number of aromatic nitrogens is 2. The van der Waals surface area contributed by atoms with Crippen molar-refractivity contribution in [3.8, 4) is 11.5 Å². The Morgan fingerprint density at radius 3 is 2.95 bits per heavy atom. The van der Waals surface area contributed by atoms with Crippen LogP contribution in [0.25, 0.3) is 11.5 Å². The Kier molecular flexibility index (Phi) is 3.54. The molecule has 1 aliphatic rings. The summed E-state index contributed by atoms with van der Waals surface area (Å²) in [5.74, 6) is 1.12. The van der Waals surface area contributed by atoms with E-state index in [0.717, 1.165) is 5.76 Å². The highest BCUT2D eigenvalue weighted by Gasteiger charge is 2.38. The zero-order valence-corrected chi connectivity index (χ0v) is 12.5. The number of hydrogen-bond donors (Lipinski definition) is 3. The molecule has 7 heteroatoms.